The molecule has 0 unspecified atom stereocenters. The molecule has 0 aromatic heterocycles. The Bertz CT molecular complexity index is 494. The van der Waals surface area contributed by atoms with E-state index in [0.717, 1.165) is 19.3 Å². The molecule has 0 saturated heterocycles. The topological polar surface area (TPSA) is 20.2 Å². The zero-order valence-corrected chi connectivity index (χ0v) is 11.8. The van der Waals surface area contributed by atoms with Crippen molar-refractivity contribution in [1.29, 1.82) is 0 Å². The first-order valence-corrected chi connectivity index (χ1v) is 6.99. The number of phenols is 1. The van der Waals surface area contributed by atoms with Crippen LogP contribution < -0.4 is 0 Å². The molecule has 0 atom stereocenters. The lowest BCUT2D eigenvalue weighted by Crippen LogP contribution is -1.95. The molecule has 0 aliphatic heterocycles. The molecule has 0 aliphatic carbocycles. The summed E-state index contributed by atoms with van der Waals surface area (Å²) in [5.74, 6) is 1.05. The molecule has 1 nitrogen and oxygen atoms in total. The number of phenolic OH excluding ortho intramolecular Hbond substituents is 1. The summed E-state index contributed by atoms with van der Waals surface area (Å²) in [6, 6.07) is 16.4. The highest BCUT2D eigenvalue weighted by Gasteiger charge is 1.99. The predicted octanol–water partition coefficient (Wildman–Crippen LogP) is 4.38. The van der Waals surface area contributed by atoms with E-state index in [1.807, 2.05) is 12.1 Å². The van der Waals surface area contributed by atoms with Crippen LogP contribution in [0, 0.1) is 5.92 Å². The summed E-state index contributed by atoms with van der Waals surface area (Å²) in [6.45, 7) is 4.50. The molecular weight excluding hydrogens is 232 g/mol. The first-order valence-electron chi connectivity index (χ1n) is 6.99. The number of aryl methyl sites for hydroxylation is 2. The standard InChI is InChI=1S/C18H22O/c1-14(2)13-17-7-5-15(6-8-17)3-4-16-9-11-18(19)12-10-16/h5-12,14,19H,3-4,13H2,1-2H3. The summed E-state index contributed by atoms with van der Waals surface area (Å²) >= 11 is 0. The maximum absolute atomic E-state index is 9.24. The van der Waals surface area contributed by atoms with Gasteiger partial charge in [-0.05, 0) is 54.0 Å². The second-order valence-electron chi connectivity index (χ2n) is 5.58. The van der Waals surface area contributed by atoms with E-state index in [1.165, 1.54) is 16.7 Å². The fraction of sp³-hybridized carbons (Fsp3) is 0.333. The second kappa shape index (κ2) is 6.42. The van der Waals surface area contributed by atoms with E-state index in [-0.39, 0.29) is 0 Å². The van der Waals surface area contributed by atoms with Crippen molar-refractivity contribution in [3.63, 3.8) is 0 Å². The van der Waals surface area contributed by atoms with Gasteiger partial charge in [-0.25, -0.2) is 0 Å². The average molecular weight is 254 g/mol. The lowest BCUT2D eigenvalue weighted by atomic mass is 9.99. The minimum Gasteiger partial charge on any atom is -0.508 e. The van der Waals surface area contributed by atoms with Crippen LogP contribution in [0.25, 0.3) is 0 Å². The van der Waals surface area contributed by atoms with Gasteiger partial charge in [0.15, 0.2) is 0 Å². The van der Waals surface area contributed by atoms with E-state index in [0.29, 0.717) is 11.7 Å². The molecule has 0 heterocycles. The van der Waals surface area contributed by atoms with Gasteiger partial charge in [0.05, 0.1) is 0 Å². The molecule has 2 aromatic rings. The molecule has 0 saturated carbocycles. The highest BCUT2D eigenvalue weighted by atomic mass is 16.3. The van der Waals surface area contributed by atoms with Gasteiger partial charge in [0.1, 0.15) is 5.75 Å². The Balaban J connectivity index is 1.91. The molecule has 19 heavy (non-hydrogen) atoms. The highest BCUT2D eigenvalue weighted by molar-refractivity contribution is 5.28. The highest BCUT2D eigenvalue weighted by Crippen LogP contribution is 2.14. The first kappa shape index (κ1) is 13.7. The fourth-order valence-corrected chi connectivity index (χ4v) is 2.26. The van der Waals surface area contributed by atoms with Gasteiger partial charge in [-0.3, -0.25) is 0 Å². The van der Waals surface area contributed by atoms with Crippen molar-refractivity contribution in [3.05, 3.63) is 65.2 Å². The molecule has 100 valence electrons. The van der Waals surface area contributed by atoms with E-state index in [2.05, 4.69) is 38.1 Å². The van der Waals surface area contributed by atoms with Crippen LogP contribution in [0.15, 0.2) is 48.5 Å². The van der Waals surface area contributed by atoms with Crippen molar-refractivity contribution in [1.82, 2.24) is 0 Å². The van der Waals surface area contributed by atoms with Gasteiger partial charge in [0.25, 0.3) is 0 Å². The summed E-state index contributed by atoms with van der Waals surface area (Å²) in [7, 11) is 0. The molecule has 0 spiro atoms. The Morgan fingerprint density at radius 2 is 1.16 bits per heavy atom. The van der Waals surface area contributed by atoms with Crippen LogP contribution in [-0.2, 0) is 19.3 Å². The first-order chi connectivity index (χ1) is 9.13. The lowest BCUT2D eigenvalue weighted by molar-refractivity contribution is 0.475. The zero-order chi connectivity index (χ0) is 13.7. The molecule has 0 radical (unpaired) electrons. The van der Waals surface area contributed by atoms with Crippen molar-refractivity contribution >= 4 is 0 Å². The smallest absolute Gasteiger partial charge is 0.115 e. The molecule has 1 heteroatoms. The van der Waals surface area contributed by atoms with Gasteiger partial charge in [-0.2, -0.15) is 0 Å². The number of hydrogen-bond acceptors (Lipinski definition) is 1. The molecular formula is C18H22O. The minimum absolute atomic E-state index is 0.335. The van der Waals surface area contributed by atoms with Crippen LogP contribution in [-0.4, -0.2) is 5.11 Å². The van der Waals surface area contributed by atoms with Crippen LogP contribution in [0.4, 0.5) is 0 Å². The van der Waals surface area contributed by atoms with Gasteiger partial charge in [-0.15, -0.1) is 0 Å². The van der Waals surface area contributed by atoms with Crippen molar-refractivity contribution in [2.45, 2.75) is 33.1 Å². The van der Waals surface area contributed by atoms with Crippen LogP contribution in [0.3, 0.4) is 0 Å². The third-order valence-electron chi connectivity index (χ3n) is 3.31. The number of hydrogen-bond donors (Lipinski definition) is 1. The molecule has 0 fully saturated rings. The summed E-state index contributed by atoms with van der Waals surface area (Å²) in [6.07, 6.45) is 3.22. The average Bonchev–Trinajstić information content (AvgIpc) is 2.39. The Morgan fingerprint density at radius 3 is 1.63 bits per heavy atom. The number of benzene rings is 2. The maximum atomic E-state index is 9.24. The van der Waals surface area contributed by atoms with Gasteiger partial charge >= 0.3 is 0 Å². The van der Waals surface area contributed by atoms with E-state index in [9.17, 15) is 5.11 Å². The summed E-state index contributed by atoms with van der Waals surface area (Å²) in [4.78, 5) is 0. The number of aromatic hydroxyl groups is 1. The number of rotatable bonds is 5. The van der Waals surface area contributed by atoms with Gasteiger partial charge in [-0.1, -0.05) is 50.2 Å². The SMILES string of the molecule is CC(C)Cc1ccc(CCc2ccc(O)cc2)cc1. The van der Waals surface area contributed by atoms with Crippen molar-refractivity contribution in [2.75, 3.05) is 0 Å². The molecule has 1 N–H and O–H groups in total. The summed E-state index contributed by atoms with van der Waals surface area (Å²) in [5.41, 5.74) is 4.06. The largest absolute Gasteiger partial charge is 0.508 e. The third kappa shape index (κ3) is 4.44. The summed E-state index contributed by atoms with van der Waals surface area (Å²) < 4.78 is 0. The Hall–Kier alpha value is -1.76. The van der Waals surface area contributed by atoms with E-state index in [1.54, 1.807) is 12.1 Å². The monoisotopic (exact) mass is 254 g/mol. The molecule has 0 amide bonds. The Morgan fingerprint density at radius 1 is 0.737 bits per heavy atom. The minimum atomic E-state index is 0.335. The van der Waals surface area contributed by atoms with Gasteiger partial charge in [0.2, 0.25) is 0 Å². The van der Waals surface area contributed by atoms with Crippen molar-refractivity contribution in [3.8, 4) is 5.75 Å². The van der Waals surface area contributed by atoms with Crippen molar-refractivity contribution in [2.24, 2.45) is 5.92 Å². The van der Waals surface area contributed by atoms with E-state index >= 15 is 0 Å². The predicted molar refractivity (Wildman–Crippen MR) is 80.5 cm³/mol. The second-order valence-corrected chi connectivity index (χ2v) is 5.58. The summed E-state index contributed by atoms with van der Waals surface area (Å²) in [5, 5.41) is 9.24. The maximum Gasteiger partial charge on any atom is 0.115 e. The van der Waals surface area contributed by atoms with E-state index in [4.69, 9.17) is 0 Å². The molecule has 0 aliphatic rings. The third-order valence-corrected chi connectivity index (χ3v) is 3.31. The van der Waals surface area contributed by atoms with Crippen LogP contribution in [0.5, 0.6) is 5.75 Å². The van der Waals surface area contributed by atoms with Gasteiger partial charge in [0, 0.05) is 0 Å². The Labute approximate surface area is 115 Å². The van der Waals surface area contributed by atoms with Gasteiger partial charge < -0.3 is 5.11 Å². The van der Waals surface area contributed by atoms with Crippen LogP contribution in [0.2, 0.25) is 0 Å². The fourth-order valence-electron chi connectivity index (χ4n) is 2.26. The Kier molecular flexibility index (Phi) is 4.62. The van der Waals surface area contributed by atoms with Crippen LogP contribution >= 0.6 is 0 Å². The normalized spacial score (nSPS) is 10.9. The quantitative estimate of drug-likeness (QED) is 0.839. The molecule has 2 aromatic carbocycles. The van der Waals surface area contributed by atoms with Crippen molar-refractivity contribution < 1.29 is 5.11 Å². The molecule has 0 bridgehead atoms. The lowest BCUT2D eigenvalue weighted by Gasteiger charge is -2.07. The van der Waals surface area contributed by atoms with Crippen LogP contribution in [0.1, 0.15) is 30.5 Å². The van der Waals surface area contributed by atoms with E-state index < -0.39 is 0 Å². The molecule has 2 rings (SSSR count). The zero-order valence-electron chi connectivity index (χ0n) is 11.8.